The Balaban J connectivity index is 2.15. The molecule has 96 valence electrons. The topological polar surface area (TPSA) is 33.1 Å². The first kappa shape index (κ1) is 12.4. The lowest BCUT2D eigenvalue weighted by molar-refractivity contribution is -0.144. The highest BCUT2D eigenvalue weighted by molar-refractivity contribution is 5.20. The minimum Gasteiger partial charge on any atom is -0.314 e. The zero-order valence-corrected chi connectivity index (χ0v) is 9.59. The lowest BCUT2D eigenvalue weighted by atomic mass is 10.2. The second kappa shape index (κ2) is 4.66. The van der Waals surface area contributed by atoms with Crippen molar-refractivity contribution < 1.29 is 13.2 Å². The van der Waals surface area contributed by atoms with E-state index in [1.54, 1.807) is 0 Å². The maximum absolute atomic E-state index is 12.8. The third kappa shape index (κ3) is 2.78. The van der Waals surface area contributed by atoms with Crippen molar-refractivity contribution >= 4 is 0 Å². The van der Waals surface area contributed by atoms with Gasteiger partial charge >= 0.3 is 6.18 Å². The van der Waals surface area contributed by atoms with Gasteiger partial charge in [0, 0.05) is 45.3 Å². The average molecular weight is 248 g/mol. The van der Waals surface area contributed by atoms with Crippen LogP contribution in [0.5, 0.6) is 0 Å². The molecule has 0 saturated carbocycles. The molecule has 1 aliphatic heterocycles. The molecular weight excluding hydrogens is 233 g/mol. The van der Waals surface area contributed by atoms with Crippen LogP contribution in [0.25, 0.3) is 0 Å². The number of aryl methyl sites for hydroxylation is 1. The van der Waals surface area contributed by atoms with E-state index >= 15 is 0 Å². The molecule has 17 heavy (non-hydrogen) atoms. The second-order valence-electron chi connectivity index (χ2n) is 4.17. The fourth-order valence-electron chi connectivity index (χ4n) is 2.07. The van der Waals surface area contributed by atoms with E-state index in [0.717, 1.165) is 30.9 Å². The van der Waals surface area contributed by atoms with E-state index in [9.17, 15) is 13.2 Å². The van der Waals surface area contributed by atoms with E-state index in [4.69, 9.17) is 0 Å². The molecule has 2 heterocycles. The standard InChI is InChI=1S/C10H15F3N4/c1-16-9(10(11,12)13)8(6-15-16)7-17-4-2-14-3-5-17/h6,14H,2-5,7H2,1H3. The highest BCUT2D eigenvalue weighted by atomic mass is 19.4. The van der Waals surface area contributed by atoms with Crippen molar-refractivity contribution in [3.63, 3.8) is 0 Å². The molecule has 1 saturated heterocycles. The zero-order valence-electron chi connectivity index (χ0n) is 9.59. The number of halogens is 3. The summed E-state index contributed by atoms with van der Waals surface area (Å²) in [6.45, 7) is 3.49. The third-order valence-corrected chi connectivity index (χ3v) is 2.89. The predicted molar refractivity (Wildman–Crippen MR) is 56.4 cm³/mol. The van der Waals surface area contributed by atoms with E-state index in [1.165, 1.54) is 13.2 Å². The molecule has 4 nitrogen and oxygen atoms in total. The first-order valence-electron chi connectivity index (χ1n) is 5.49. The Bertz CT molecular complexity index is 379. The van der Waals surface area contributed by atoms with E-state index in [1.807, 2.05) is 4.90 Å². The quantitative estimate of drug-likeness (QED) is 0.842. The molecular formula is C10H15F3N4. The van der Waals surface area contributed by atoms with E-state index < -0.39 is 11.9 Å². The molecule has 2 rings (SSSR count). The molecule has 1 aliphatic rings. The van der Waals surface area contributed by atoms with Crippen LogP contribution in [0.1, 0.15) is 11.3 Å². The fraction of sp³-hybridized carbons (Fsp3) is 0.700. The Morgan fingerprint density at radius 1 is 1.35 bits per heavy atom. The van der Waals surface area contributed by atoms with Crippen LogP contribution < -0.4 is 5.32 Å². The first-order chi connectivity index (χ1) is 7.98. The maximum Gasteiger partial charge on any atom is 0.433 e. The Hall–Kier alpha value is -1.08. The lowest BCUT2D eigenvalue weighted by Gasteiger charge is -2.27. The van der Waals surface area contributed by atoms with Gasteiger partial charge in [-0.05, 0) is 0 Å². The molecule has 0 bridgehead atoms. The fourth-order valence-corrected chi connectivity index (χ4v) is 2.07. The van der Waals surface area contributed by atoms with Gasteiger partial charge < -0.3 is 5.32 Å². The number of nitrogens with zero attached hydrogens (tertiary/aromatic N) is 3. The normalized spacial score (nSPS) is 18.6. The van der Waals surface area contributed by atoms with Crippen LogP contribution in [-0.4, -0.2) is 40.9 Å². The van der Waals surface area contributed by atoms with Crippen LogP contribution in [0.15, 0.2) is 6.20 Å². The van der Waals surface area contributed by atoms with Crippen molar-refractivity contribution in [2.45, 2.75) is 12.7 Å². The Labute approximate surface area is 97.4 Å². The van der Waals surface area contributed by atoms with Crippen LogP contribution in [-0.2, 0) is 19.8 Å². The summed E-state index contributed by atoms with van der Waals surface area (Å²) in [6.07, 6.45) is -3.03. The van der Waals surface area contributed by atoms with Gasteiger partial charge in [0.15, 0.2) is 0 Å². The molecule has 0 aliphatic carbocycles. The summed E-state index contributed by atoms with van der Waals surface area (Å²) in [5.41, 5.74) is -0.391. The van der Waals surface area contributed by atoms with Gasteiger partial charge in [0.05, 0.1) is 6.20 Å². The van der Waals surface area contributed by atoms with E-state index in [2.05, 4.69) is 10.4 Å². The van der Waals surface area contributed by atoms with Gasteiger partial charge in [0.25, 0.3) is 0 Å². The lowest BCUT2D eigenvalue weighted by Crippen LogP contribution is -2.43. The van der Waals surface area contributed by atoms with Crippen LogP contribution in [0.2, 0.25) is 0 Å². The smallest absolute Gasteiger partial charge is 0.314 e. The van der Waals surface area contributed by atoms with Crippen molar-refractivity contribution in [2.24, 2.45) is 7.05 Å². The number of aromatic nitrogens is 2. The minimum absolute atomic E-state index is 0.252. The summed E-state index contributed by atoms with van der Waals surface area (Å²) in [6, 6.07) is 0. The van der Waals surface area contributed by atoms with Crippen LogP contribution in [0, 0.1) is 0 Å². The molecule has 0 aromatic carbocycles. The number of piperazine rings is 1. The van der Waals surface area contributed by atoms with Crippen molar-refractivity contribution in [3.05, 3.63) is 17.5 Å². The molecule has 0 spiro atoms. The maximum atomic E-state index is 12.8. The number of rotatable bonds is 2. The summed E-state index contributed by atoms with van der Waals surface area (Å²) in [5, 5.41) is 6.87. The number of hydrogen-bond donors (Lipinski definition) is 1. The summed E-state index contributed by atoms with van der Waals surface area (Å²) in [4.78, 5) is 2.00. The van der Waals surface area contributed by atoms with Crippen LogP contribution in [0.3, 0.4) is 0 Å². The average Bonchev–Trinajstić information content (AvgIpc) is 2.60. The van der Waals surface area contributed by atoms with Crippen molar-refractivity contribution in [3.8, 4) is 0 Å². The van der Waals surface area contributed by atoms with E-state index in [0.29, 0.717) is 6.54 Å². The number of hydrogen-bond acceptors (Lipinski definition) is 3. The van der Waals surface area contributed by atoms with Gasteiger partial charge in [-0.25, -0.2) is 0 Å². The summed E-state index contributed by atoms with van der Waals surface area (Å²) >= 11 is 0. The molecule has 0 atom stereocenters. The summed E-state index contributed by atoms with van der Waals surface area (Å²) < 4.78 is 39.3. The molecule has 0 amide bonds. The van der Waals surface area contributed by atoms with Crippen molar-refractivity contribution in [1.29, 1.82) is 0 Å². The first-order valence-corrected chi connectivity index (χ1v) is 5.49. The van der Waals surface area contributed by atoms with Crippen molar-refractivity contribution in [1.82, 2.24) is 20.0 Å². The van der Waals surface area contributed by atoms with Gasteiger partial charge in [0.2, 0.25) is 0 Å². The number of nitrogens with one attached hydrogen (secondary N) is 1. The highest BCUT2D eigenvalue weighted by Gasteiger charge is 2.37. The monoisotopic (exact) mass is 248 g/mol. The number of alkyl halides is 3. The third-order valence-electron chi connectivity index (χ3n) is 2.89. The molecule has 7 heteroatoms. The minimum atomic E-state index is -4.34. The van der Waals surface area contributed by atoms with Gasteiger partial charge in [0.1, 0.15) is 5.69 Å². The van der Waals surface area contributed by atoms with Crippen LogP contribution >= 0.6 is 0 Å². The van der Waals surface area contributed by atoms with Gasteiger partial charge in [-0.1, -0.05) is 0 Å². The zero-order chi connectivity index (χ0) is 12.5. The second-order valence-corrected chi connectivity index (χ2v) is 4.17. The molecule has 1 aromatic heterocycles. The van der Waals surface area contributed by atoms with Crippen molar-refractivity contribution in [2.75, 3.05) is 26.2 Å². The Morgan fingerprint density at radius 3 is 2.59 bits per heavy atom. The molecule has 1 N–H and O–H groups in total. The van der Waals surface area contributed by atoms with Gasteiger partial charge in [-0.2, -0.15) is 18.3 Å². The van der Waals surface area contributed by atoms with E-state index in [-0.39, 0.29) is 5.56 Å². The molecule has 0 radical (unpaired) electrons. The van der Waals surface area contributed by atoms with Gasteiger partial charge in [-0.15, -0.1) is 0 Å². The van der Waals surface area contributed by atoms with Crippen LogP contribution in [0.4, 0.5) is 13.2 Å². The summed E-state index contributed by atoms with van der Waals surface area (Å²) in [5.74, 6) is 0. The Kier molecular flexibility index (Phi) is 3.39. The Morgan fingerprint density at radius 2 is 2.00 bits per heavy atom. The SMILES string of the molecule is Cn1ncc(CN2CCNCC2)c1C(F)(F)F. The molecule has 1 fully saturated rings. The van der Waals surface area contributed by atoms with Gasteiger partial charge in [-0.3, -0.25) is 9.58 Å². The molecule has 1 aromatic rings. The highest BCUT2D eigenvalue weighted by Crippen LogP contribution is 2.31. The molecule has 0 unspecified atom stereocenters. The predicted octanol–water partition coefficient (Wildman–Crippen LogP) is 0.844. The largest absolute Gasteiger partial charge is 0.433 e. The summed E-state index contributed by atoms with van der Waals surface area (Å²) in [7, 11) is 1.32.